The highest BCUT2D eigenvalue weighted by Crippen LogP contribution is 2.43. The van der Waals surface area contributed by atoms with Gasteiger partial charge in [-0.3, -0.25) is 4.57 Å². The quantitative estimate of drug-likeness (QED) is 0.154. The summed E-state index contributed by atoms with van der Waals surface area (Å²) in [5, 5.41) is 3.28. The molecule has 0 aliphatic carbocycles. The summed E-state index contributed by atoms with van der Waals surface area (Å²) >= 11 is 1.73. The molecule has 0 saturated carbocycles. The van der Waals surface area contributed by atoms with Gasteiger partial charge in [-0.25, -0.2) is 15.0 Å². The first-order chi connectivity index (χ1) is 29.2. The fourth-order valence-electron chi connectivity index (χ4n) is 8.03. The van der Waals surface area contributed by atoms with E-state index in [2.05, 4.69) is 191 Å². The Bertz CT molecular complexity index is 3140. The Morgan fingerprint density at radius 2 is 0.966 bits per heavy atom. The summed E-state index contributed by atoms with van der Waals surface area (Å²) in [5.74, 6) is 1.48. The molecule has 59 heavy (non-hydrogen) atoms. The number of hydrogen-bond donors (Lipinski definition) is 0. The van der Waals surface area contributed by atoms with Gasteiger partial charge in [0.05, 0.1) is 26.9 Å². The fourth-order valence-corrected chi connectivity index (χ4v) is 9.14. The third-order valence-electron chi connectivity index (χ3n) is 10.8. The maximum atomic E-state index is 5.33. The van der Waals surface area contributed by atoms with Gasteiger partial charge < -0.3 is 4.90 Å². The van der Waals surface area contributed by atoms with Crippen LogP contribution in [0.5, 0.6) is 0 Å². The predicted octanol–water partition coefficient (Wildman–Crippen LogP) is 14.3. The van der Waals surface area contributed by atoms with Crippen LogP contribution in [0.4, 0.5) is 17.1 Å². The first kappa shape index (κ1) is 34.6. The van der Waals surface area contributed by atoms with E-state index in [0.717, 1.165) is 93.4 Å². The highest BCUT2D eigenvalue weighted by atomic mass is 32.1. The zero-order valence-corrected chi connectivity index (χ0v) is 32.7. The molecular weight excluding hydrogens is 739 g/mol. The first-order valence-electron chi connectivity index (χ1n) is 19.7. The van der Waals surface area contributed by atoms with Crippen molar-refractivity contribution in [3.8, 4) is 50.2 Å². The Hall–Kier alpha value is -7.67. The van der Waals surface area contributed by atoms with Gasteiger partial charge in [-0.1, -0.05) is 146 Å². The van der Waals surface area contributed by atoms with E-state index in [4.69, 9.17) is 15.0 Å². The van der Waals surface area contributed by atoms with Gasteiger partial charge in [0.15, 0.2) is 5.82 Å². The second kappa shape index (κ2) is 14.7. The first-order valence-corrected chi connectivity index (χ1v) is 20.5. The van der Waals surface area contributed by atoms with Crippen molar-refractivity contribution in [2.75, 3.05) is 4.90 Å². The van der Waals surface area contributed by atoms with Crippen LogP contribution in [0.3, 0.4) is 0 Å². The third kappa shape index (κ3) is 6.33. The number of rotatable bonds is 8. The molecule has 0 amide bonds. The molecular formula is C53H35N5S. The summed E-state index contributed by atoms with van der Waals surface area (Å²) in [6, 6.07) is 74.3. The van der Waals surface area contributed by atoms with Crippen LogP contribution in [0.2, 0.25) is 0 Å². The molecule has 0 bridgehead atoms. The van der Waals surface area contributed by atoms with E-state index in [9.17, 15) is 0 Å². The lowest BCUT2D eigenvalue weighted by Gasteiger charge is -2.25. The maximum Gasteiger partial charge on any atom is 0.162 e. The molecule has 6 heteroatoms. The lowest BCUT2D eigenvalue weighted by atomic mass is 10.0. The van der Waals surface area contributed by atoms with Gasteiger partial charge in [0, 0.05) is 50.6 Å². The van der Waals surface area contributed by atoms with E-state index in [1.54, 1.807) is 11.3 Å². The minimum Gasteiger partial charge on any atom is -0.311 e. The van der Waals surface area contributed by atoms with Crippen molar-refractivity contribution in [2.45, 2.75) is 0 Å². The van der Waals surface area contributed by atoms with Crippen LogP contribution in [0, 0.1) is 0 Å². The van der Waals surface area contributed by atoms with Gasteiger partial charge in [0.1, 0.15) is 10.8 Å². The molecule has 0 radical (unpaired) electrons. The van der Waals surface area contributed by atoms with Crippen molar-refractivity contribution in [2.24, 2.45) is 0 Å². The average Bonchev–Trinajstić information content (AvgIpc) is 3.90. The Labute approximate surface area is 345 Å². The maximum absolute atomic E-state index is 5.33. The van der Waals surface area contributed by atoms with Crippen LogP contribution in [0.25, 0.3) is 82.2 Å². The van der Waals surface area contributed by atoms with Crippen LogP contribution in [0.15, 0.2) is 212 Å². The van der Waals surface area contributed by atoms with E-state index in [1.807, 2.05) is 30.3 Å². The molecule has 278 valence electrons. The third-order valence-corrected chi connectivity index (χ3v) is 12.0. The second-order valence-corrected chi connectivity index (χ2v) is 15.5. The molecule has 0 saturated heterocycles. The number of nitrogens with zero attached hydrogens (tertiary/aromatic N) is 5. The topological polar surface area (TPSA) is 46.8 Å². The van der Waals surface area contributed by atoms with Gasteiger partial charge >= 0.3 is 0 Å². The molecule has 0 unspecified atom stereocenters. The number of anilines is 3. The number of para-hydroxylation sites is 2. The molecule has 11 aromatic rings. The summed E-state index contributed by atoms with van der Waals surface area (Å²) in [6.07, 6.45) is 0. The summed E-state index contributed by atoms with van der Waals surface area (Å²) in [5.41, 5.74) is 12.7. The predicted molar refractivity (Wildman–Crippen MR) is 246 cm³/mol. The normalized spacial score (nSPS) is 11.4. The lowest BCUT2D eigenvalue weighted by molar-refractivity contribution is 1.05. The molecule has 5 nitrogen and oxygen atoms in total. The van der Waals surface area contributed by atoms with Crippen molar-refractivity contribution in [3.05, 3.63) is 212 Å². The molecule has 3 aromatic heterocycles. The zero-order chi connectivity index (χ0) is 39.1. The van der Waals surface area contributed by atoms with Crippen molar-refractivity contribution < 1.29 is 0 Å². The smallest absolute Gasteiger partial charge is 0.162 e. The van der Waals surface area contributed by atoms with Gasteiger partial charge in [-0.15, -0.1) is 11.3 Å². The van der Waals surface area contributed by atoms with Crippen LogP contribution in [-0.4, -0.2) is 19.5 Å². The summed E-state index contributed by atoms with van der Waals surface area (Å²) < 4.78 is 3.44. The van der Waals surface area contributed by atoms with Gasteiger partial charge in [0.2, 0.25) is 0 Å². The van der Waals surface area contributed by atoms with Crippen LogP contribution in [0.1, 0.15) is 0 Å². The monoisotopic (exact) mass is 773 g/mol. The molecule has 8 aromatic carbocycles. The standard InChI is InChI=1S/C53H35N5S/c1-6-16-37(17-7-1)47-35-49(56-52(54-47)38-18-8-2-9-19-38)58-48-33-28-40(34-45(48)44-31-32-46-51(50(44)58)59-53(55-46)39-20-10-3-11-21-39)36-26-29-43(30-27-36)57(41-22-12-4-13-23-41)42-24-14-5-15-25-42/h1-35H. The van der Waals surface area contributed by atoms with Crippen molar-refractivity contribution in [3.63, 3.8) is 0 Å². The minimum absolute atomic E-state index is 0.676. The van der Waals surface area contributed by atoms with Crippen molar-refractivity contribution in [1.82, 2.24) is 19.5 Å². The van der Waals surface area contributed by atoms with Crippen LogP contribution >= 0.6 is 11.3 Å². The van der Waals surface area contributed by atoms with E-state index >= 15 is 0 Å². The average molecular weight is 774 g/mol. The Kier molecular flexibility index (Phi) is 8.60. The second-order valence-electron chi connectivity index (χ2n) is 14.5. The highest BCUT2D eigenvalue weighted by molar-refractivity contribution is 7.22. The molecule has 0 atom stereocenters. The number of thiazole rings is 1. The van der Waals surface area contributed by atoms with Gasteiger partial charge in [-0.2, -0.15) is 0 Å². The van der Waals surface area contributed by atoms with Crippen LogP contribution in [-0.2, 0) is 0 Å². The molecule has 0 spiro atoms. The van der Waals surface area contributed by atoms with Crippen molar-refractivity contribution >= 4 is 60.4 Å². The minimum atomic E-state index is 0.676. The Balaban J connectivity index is 1.11. The van der Waals surface area contributed by atoms with E-state index in [-0.39, 0.29) is 0 Å². The van der Waals surface area contributed by atoms with E-state index in [0.29, 0.717) is 5.82 Å². The number of hydrogen-bond acceptors (Lipinski definition) is 5. The van der Waals surface area contributed by atoms with Gasteiger partial charge in [-0.05, 0) is 71.8 Å². The summed E-state index contributed by atoms with van der Waals surface area (Å²) in [7, 11) is 0. The Morgan fingerprint density at radius 3 is 1.61 bits per heavy atom. The molecule has 3 heterocycles. The lowest BCUT2D eigenvalue weighted by Crippen LogP contribution is -2.09. The molecule has 0 aliphatic rings. The highest BCUT2D eigenvalue weighted by Gasteiger charge is 2.21. The number of aromatic nitrogens is 4. The van der Waals surface area contributed by atoms with E-state index in [1.165, 1.54) is 0 Å². The molecule has 0 fully saturated rings. The number of benzene rings is 8. The molecule has 0 N–H and O–H groups in total. The Morgan fingerprint density at radius 1 is 0.407 bits per heavy atom. The summed E-state index contributed by atoms with van der Waals surface area (Å²) in [6.45, 7) is 0. The molecule has 0 aliphatic heterocycles. The number of fused-ring (bicyclic) bond motifs is 5. The largest absolute Gasteiger partial charge is 0.311 e. The van der Waals surface area contributed by atoms with Crippen LogP contribution < -0.4 is 4.90 Å². The van der Waals surface area contributed by atoms with Crippen molar-refractivity contribution in [1.29, 1.82) is 0 Å². The SMILES string of the molecule is c1ccc(-c2cc(-n3c4ccc(-c5ccc(N(c6ccccc6)c6ccccc6)cc5)cc4c4ccc5nc(-c6ccccc6)sc5c43)nc(-c3ccccc3)n2)cc1. The molecule has 11 rings (SSSR count). The van der Waals surface area contributed by atoms with Gasteiger partial charge in [0.25, 0.3) is 0 Å². The van der Waals surface area contributed by atoms with E-state index < -0.39 is 0 Å². The summed E-state index contributed by atoms with van der Waals surface area (Å²) in [4.78, 5) is 17.9. The zero-order valence-electron chi connectivity index (χ0n) is 31.9. The fraction of sp³-hybridized carbons (Fsp3) is 0.